The highest BCUT2D eigenvalue weighted by Gasteiger charge is 1.93. The molecule has 0 radical (unpaired) electrons. The van der Waals surface area contributed by atoms with Crippen LogP contribution in [0.15, 0.2) is 42.5 Å². The summed E-state index contributed by atoms with van der Waals surface area (Å²) >= 11 is 0. The van der Waals surface area contributed by atoms with Crippen molar-refractivity contribution in [2.45, 2.75) is 44.9 Å². The summed E-state index contributed by atoms with van der Waals surface area (Å²) in [6.45, 7) is 0. The number of unbranched alkanes of at least 4 members (excludes halogenated alkanes) is 3. The minimum absolute atomic E-state index is 0.276. The number of benzene rings is 1. The van der Waals surface area contributed by atoms with Crippen LogP contribution in [0.3, 0.4) is 0 Å². The number of carbonyl (C=O) groups is 1. The minimum Gasteiger partial charge on any atom is -0.481 e. The van der Waals surface area contributed by atoms with Crippen molar-refractivity contribution >= 4 is 5.97 Å². The van der Waals surface area contributed by atoms with E-state index >= 15 is 0 Å². The monoisotopic (exact) mass is 246 g/mol. The lowest BCUT2D eigenvalue weighted by atomic mass is 10.1. The summed E-state index contributed by atoms with van der Waals surface area (Å²) in [5, 5.41) is 8.47. The van der Waals surface area contributed by atoms with Crippen molar-refractivity contribution in [3.05, 3.63) is 48.0 Å². The summed E-state index contributed by atoms with van der Waals surface area (Å²) in [4.78, 5) is 10.3. The Hall–Kier alpha value is -1.57. The van der Waals surface area contributed by atoms with Gasteiger partial charge in [0.05, 0.1) is 0 Å². The van der Waals surface area contributed by atoms with Crippen LogP contribution in [0.2, 0.25) is 0 Å². The zero-order chi connectivity index (χ0) is 13.1. The first-order chi connectivity index (χ1) is 8.79. The molecule has 0 heterocycles. The average Bonchev–Trinajstić information content (AvgIpc) is 2.37. The topological polar surface area (TPSA) is 37.3 Å². The Kier molecular flexibility index (Phi) is 7.61. The first-order valence-electron chi connectivity index (χ1n) is 6.70. The van der Waals surface area contributed by atoms with E-state index < -0.39 is 5.97 Å². The molecule has 1 aromatic rings. The number of rotatable bonds is 9. The van der Waals surface area contributed by atoms with E-state index in [4.69, 9.17) is 5.11 Å². The van der Waals surface area contributed by atoms with Crippen molar-refractivity contribution in [3.8, 4) is 0 Å². The summed E-state index contributed by atoms with van der Waals surface area (Å²) < 4.78 is 0. The summed E-state index contributed by atoms with van der Waals surface area (Å²) in [5.41, 5.74) is 1.41. The van der Waals surface area contributed by atoms with E-state index in [9.17, 15) is 4.79 Å². The lowest BCUT2D eigenvalue weighted by Gasteiger charge is -1.99. The van der Waals surface area contributed by atoms with Crippen LogP contribution in [-0.4, -0.2) is 11.1 Å². The van der Waals surface area contributed by atoms with Gasteiger partial charge in [0.1, 0.15) is 0 Å². The molecular weight excluding hydrogens is 224 g/mol. The van der Waals surface area contributed by atoms with E-state index in [0.717, 1.165) is 25.7 Å². The molecule has 0 saturated carbocycles. The van der Waals surface area contributed by atoms with E-state index in [-0.39, 0.29) is 6.42 Å². The molecule has 0 amide bonds. The van der Waals surface area contributed by atoms with Gasteiger partial charge >= 0.3 is 5.97 Å². The van der Waals surface area contributed by atoms with Crippen LogP contribution in [0.1, 0.15) is 44.1 Å². The van der Waals surface area contributed by atoms with Gasteiger partial charge in [-0.25, -0.2) is 0 Å². The number of carboxylic acids is 1. The Bertz CT molecular complexity index is 355. The van der Waals surface area contributed by atoms with Gasteiger partial charge in [0.2, 0.25) is 0 Å². The van der Waals surface area contributed by atoms with Gasteiger partial charge in [-0.2, -0.15) is 0 Å². The third-order valence-electron chi connectivity index (χ3n) is 2.86. The van der Waals surface area contributed by atoms with Crippen molar-refractivity contribution in [2.75, 3.05) is 0 Å². The zero-order valence-electron chi connectivity index (χ0n) is 10.8. The van der Waals surface area contributed by atoms with Gasteiger partial charge in [-0.15, -0.1) is 0 Å². The number of allylic oxidation sites excluding steroid dienone is 2. The lowest BCUT2D eigenvalue weighted by molar-refractivity contribution is -0.137. The molecule has 2 nitrogen and oxygen atoms in total. The number of aryl methyl sites for hydroxylation is 1. The fourth-order valence-electron chi connectivity index (χ4n) is 1.84. The third kappa shape index (κ3) is 7.66. The number of carboxylic acid groups (broad SMARTS) is 1. The van der Waals surface area contributed by atoms with Crippen molar-refractivity contribution in [1.29, 1.82) is 0 Å². The molecular formula is C16H22O2. The van der Waals surface area contributed by atoms with Gasteiger partial charge in [0.25, 0.3) is 0 Å². The molecule has 1 rings (SSSR count). The Labute approximate surface area is 109 Å². The Morgan fingerprint density at radius 2 is 1.67 bits per heavy atom. The first-order valence-corrected chi connectivity index (χ1v) is 6.70. The molecule has 18 heavy (non-hydrogen) atoms. The summed E-state index contributed by atoms with van der Waals surface area (Å²) in [6, 6.07) is 10.5. The quantitative estimate of drug-likeness (QED) is 0.523. The number of hydrogen-bond acceptors (Lipinski definition) is 1. The smallest absolute Gasteiger partial charge is 0.303 e. The average molecular weight is 246 g/mol. The van der Waals surface area contributed by atoms with Crippen LogP contribution in [0.25, 0.3) is 0 Å². The Morgan fingerprint density at radius 1 is 1.00 bits per heavy atom. The third-order valence-corrected chi connectivity index (χ3v) is 2.86. The summed E-state index contributed by atoms with van der Waals surface area (Å²) in [6.07, 6.45) is 10.8. The van der Waals surface area contributed by atoms with Crippen LogP contribution in [-0.2, 0) is 11.2 Å². The second-order valence-electron chi connectivity index (χ2n) is 4.49. The molecule has 0 atom stereocenters. The van der Waals surface area contributed by atoms with Crippen molar-refractivity contribution in [3.63, 3.8) is 0 Å². The predicted octanol–water partition coefficient (Wildman–Crippen LogP) is 4.21. The van der Waals surface area contributed by atoms with Crippen molar-refractivity contribution < 1.29 is 9.90 Å². The standard InChI is InChI=1S/C16H22O2/c17-16(18)14-10-5-3-1-2-4-7-11-15-12-8-6-9-13-15/h1,3,6,8-9,12-13H,2,4-5,7,10-11,14H2,(H,17,18)/b3-1-. The van der Waals surface area contributed by atoms with E-state index in [0.29, 0.717) is 0 Å². The van der Waals surface area contributed by atoms with Crippen LogP contribution in [0.4, 0.5) is 0 Å². The highest BCUT2D eigenvalue weighted by Crippen LogP contribution is 2.07. The van der Waals surface area contributed by atoms with E-state index in [1.807, 2.05) is 6.07 Å². The molecule has 0 aliphatic carbocycles. The maximum atomic E-state index is 10.3. The second kappa shape index (κ2) is 9.46. The normalized spacial score (nSPS) is 10.9. The zero-order valence-corrected chi connectivity index (χ0v) is 10.8. The maximum absolute atomic E-state index is 10.3. The van der Waals surface area contributed by atoms with Crippen LogP contribution >= 0.6 is 0 Å². The molecule has 2 heteroatoms. The molecule has 1 aromatic carbocycles. The van der Waals surface area contributed by atoms with Crippen LogP contribution < -0.4 is 0 Å². The first kappa shape index (κ1) is 14.5. The molecule has 0 aliphatic heterocycles. The molecule has 0 aromatic heterocycles. The van der Waals surface area contributed by atoms with Crippen molar-refractivity contribution in [1.82, 2.24) is 0 Å². The number of hydrogen-bond donors (Lipinski definition) is 1. The maximum Gasteiger partial charge on any atom is 0.303 e. The lowest BCUT2D eigenvalue weighted by Crippen LogP contribution is -1.92. The SMILES string of the molecule is O=C(O)CCC/C=C\CCCCc1ccccc1. The molecule has 0 aliphatic rings. The molecule has 0 saturated heterocycles. The molecule has 1 N–H and O–H groups in total. The van der Waals surface area contributed by atoms with Crippen LogP contribution in [0, 0.1) is 0 Å². The Morgan fingerprint density at radius 3 is 2.33 bits per heavy atom. The fourth-order valence-corrected chi connectivity index (χ4v) is 1.84. The molecule has 0 spiro atoms. The predicted molar refractivity (Wildman–Crippen MR) is 74.6 cm³/mol. The van der Waals surface area contributed by atoms with Crippen molar-refractivity contribution in [2.24, 2.45) is 0 Å². The van der Waals surface area contributed by atoms with Gasteiger partial charge in [-0.3, -0.25) is 4.79 Å². The number of aliphatic carboxylic acids is 1. The van der Waals surface area contributed by atoms with Gasteiger partial charge in [0, 0.05) is 6.42 Å². The second-order valence-corrected chi connectivity index (χ2v) is 4.49. The van der Waals surface area contributed by atoms with Gasteiger partial charge < -0.3 is 5.11 Å². The van der Waals surface area contributed by atoms with Gasteiger partial charge in [-0.1, -0.05) is 42.5 Å². The largest absolute Gasteiger partial charge is 0.481 e. The van der Waals surface area contributed by atoms with Gasteiger partial charge in [0.15, 0.2) is 0 Å². The highest BCUT2D eigenvalue weighted by atomic mass is 16.4. The van der Waals surface area contributed by atoms with E-state index in [2.05, 4.69) is 36.4 Å². The summed E-state index contributed by atoms with van der Waals surface area (Å²) in [5.74, 6) is -0.703. The van der Waals surface area contributed by atoms with Crippen LogP contribution in [0.5, 0.6) is 0 Å². The molecule has 0 fully saturated rings. The van der Waals surface area contributed by atoms with E-state index in [1.165, 1.54) is 18.4 Å². The molecule has 0 unspecified atom stereocenters. The molecule has 98 valence electrons. The Balaban J connectivity index is 1.95. The highest BCUT2D eigenvalue weighted by molar-refractivity contribution is 5.66. The summed E-state index contributed by atoms with van der Waals surface area (Å²) in [7, 11) is 0. The fraction of sp³-hybridized carbons (Fsp3) is 0.438. The molecule has 0 bridgehead atoms. The van der Waals surface area contributed by atoms with E-state index in [1.54, 1.807) is 0 Å². The minimum atomic E-state index is -0.703. The van der Waals surface area contributed by atoms with Gasteiger partial charge in [-0.05, 0) is 44.1 Å².